The number of ether oxygens (including phenoxy) is 2. The van der Waals surface area contributed by atoms with Gasteiger partial charge in [-0.25, -0.2) is 10.3 Å². The molecular formula is C25H24N2O6S. The Morgan fingerprint density at radius 2 is 1.65 bits per heavy atom. The van der Waals surface area contributed by atoms with E-state index in [0.29, 0.717) is 17.0 Å². The summed E-state index contributed by atoms with van der Waals surface area (Å²) in [6.45, 7) is 0. The van der Waals surface area contributed by atoms with Gasteiger partial charge in [0, 0.05) is 16.7 Å². The standard InChI is InChI=1S/C25H24N2O6S/c1-34-21-13-9-18(10-14-21)26-25(30)33-24(17-7-11-19(28)12-8-17)22(15-16-23(29)27-31)32-20-5-3-2-4-6-20/h2-16,22,24,28,31H,1H3,(H,26,30)(H,27,29)/b16-15+/t22-,24-/m1/s1. The number of amides is 2. The first-order chi connectivity index (χ1) is 16.5. The van der Waals surface area contributed by atoms with E-state index in [9.17, 15) is 14.7 Å². The average Bonchev–Trinajstić information content (AvgIpc) is 2.86. The first kappa shape index (κ1) is 24.7. The molecule has 0 aliphatic rings. The van der Waals surface area contributed by atoms with E-state index in [-0.39, 0.29) is 5.75 Å². The Morgan fingerprint density at radius 3 is 2.26 bits per heavy atom. The van der Waals surface area contributed by atoms with Crippen LogP contribution in [0.1, 0.15) is 11.7 Å². The zero-order chi connectivity index (χ0) is 24.3. The van der Waals surface area contributed by atoms with Crippen LogP contribution >= 0.6 is 11.8 Å². The molecule has 0 unspecified atom stereocenters. The van der Waals surface area contributed by atoms with Crippen LogP contribution in [-0.4, -0.2) is 34.7 Å². The number of thioether (sulfide) groups is 1. The molecule has 3 aromatic carbocycles. The number of phenolic OH excluding ortho intramolecular Hbond substituents is 1. The van der Waals surface area contributed by atoms with Gasteiger partial charge < -0.3 is 14.6 Å². The molecule has 0 spiro atoms. The number of para-hydroxylation sites is 1. The molecule has 0 fully saturated rings. The molecule has 0 aliphatic heterocycles. The Bertz CT molecular complexity index is 1100. The summed E-state index contributed by atoms with van der Waals surface area (Å²) in [5.74, 6) is -0.261. The highest BCUT2D eigenvalue weighted by molar-refractivity contribution is 7.98. The zero-order valence-corrected chi connectivity index (χ0v) is 19.1. The number of aromatic hydroxyl groups is 1. The molecule has 0 aromatic heterocycles. The summed E-state index contributed by atoms with van der Waals surface area (Å²) < 4.78 is 11.7. The van der Waals surface area contributed by atoms with Crippen LogP contribution in [0.2, 0.25) is 0 Å². The van der Waals surface area contributed by atoms with Crippen LogP contribution in [0.4, 0.5) is 10.5 Å². The third-order valence-electron chi connectivity index (χ3n) is 4.65. The van der Waals surface area contributed by atoms with Gasteiger partial charge in [-0.3, -0.25) is 15.3 Å². The van der Waals surface area contributed by atoms with Crippen molar-refractivity contribution in [3.63, 3.8) is 0 Å². The van der Waals surface area contributed by atoms with Gasteiger partial charge in [-0.05, 0) is 66.4 Å². The molecule has 176 valence electrons. The van der Waals surface area contributed by atoms with E-state index < -0.39 is 24.2 Å². The van der Waals surface area contributed by atoms with Crippen LogP contribution in [0, 0.1) is 0 Å². The van der Waals surface area contributed by atoms with Gasteiger partial charge in [0.2, 0.25) is 0 Å². The van der Waals surface area contributed by atoms with Gasteiger partial charge in [0.05, 0.1) is 0 Å². The summed E-state index contributed by atoms with van der Waals surface area (Å²) in [5.41, 5.74) is 2.58. The maximum atomic E-state index is 12.8. The summed E-state index contributed by atoms with van der Waals surface area (Å²) in [4.78, 5) is 25.5. The van der Waals surface area contributed by atoms with E-state index in [2.05, 4.69) is 5.32 Å². The van der Waals surface area contributed by atoms with E-state index >= 15 is 0 Å². The fraction of sp³-hybridized carbons (Fsp3) is 0.120. The topological polar surface area (TPSA) is 117 Å². The average molecular weight is 481 g/mol. The summed E-state index contributed by atoms with van der Waals surface area (Å²) >= 11 is 1.58. The number of carbonyl (C=O) groups is 2. The molecule has 34 heavy (non-hydrogen) atoms. The lowest BCUT2D eigenvalue weighted by Crippen LogP contribution is -2.30. The minimum Gasteiger partial charge on any atom is -0.508 e. The minimum absolute atomic E-state index is 0.0385. The monoisotopic (exact) mass is 480 g/mol. The Balaban J connectivity index is 1.89. The van der Waals surface area contributed by atoms with Gasteiger partial charge in [-0.15, -0.1) is 11.8 Å². The van der Waals surface area contributed by atoms with Crippen LogP contribution in [0.15, 0.2) is 95.9 Å². The molecule has 0 heterocycles. The summed E-state index contributed by atoms with van der Waals surface area (Å²) in [7, 11) is 0. The number of carbonyl (C=O) groups excluding carboxylic acids is 2. The molecule has 3 rings (SSSR count). The highest BCUT2D eigenvalue weighted by Gasteiger charge is 2.28. The second-order valence-electron chi connectivity index (χ2n) is 7.00. The van der Waals surface area contributed by atoms with E-state index in [1.807, 2.05) is 24.5 Å². The maximum Gasteiger partial charge on any atom is 0.412 e. The van der Waals surface area contributed by atoms with Gasteiger partial charge >= 0.3 is 6.09 Å². The maximum absolute atomic E-state index is 12.8. The number of hydrogen-bond acceptors (Lipinski definition) is 7. The highest BCUT2D eigenvalue weighted by atomic mass is 32.2. The van der Waals surface area contributed by atoms with E-state index in [0.717, 1.165) is 11.0 Å². The number of hydroxylamine groups is 1. The number of hydrogen-bond donors (Lipinski definition) is 4. The molecule has 0 saturated heterocycles. The fourth-order valence-electron chi connectivity index (χ4n) is 3.00. The second-order valence-corrected chi connectivity index (χ2v) is 7.88. The van der Waals surface area contributed by atoms with E-state index in [1.165, 1.54) is 23.7 Å². The van der Waals surface area contributed by atoms with Crippen molar-refractivity contribution in [3.8, 4) is 11.5 Å². The van der Waals surface area contributed by atoms with Gasteiger partial charge in [0.1, 0.15) is 11.5 Å². The number of nitrogens with one attached hydrogen (secondary N) is 2. The minimum atomic E-state index is -1.01. The molecular weight excluding hydrogens is 456 g/mol. The number of benzene rings is 3. The number of rotatable bonds is 9. The highest BCUT2D eigenvalue weighted by Crippen LogP contribution is 2.29. The first-order valence-electron chi connectivity index (χ1n) is 10.2. The SMILES string of the molecule is CSc1ccc(NC(=O)O[C@H](c2ccc(O)cc2)[C@@H](/C=C/C(=O)NO)Oc2ccccc2)cc1. The third-order valence-corrected chi connectivity index (χ3v) is 5.40. The Hall–Kier alpha value is -3.95. The predicted octanol–water partition coefficient (Wildman–Crippen LogP) is 4.91. The fourth-order valence-corrected chi connectivity index (χ4v) is 3.41. The van der Waals surface area contributed by atoms with Crippen molar-refractivity contribution >= 4 is 29.4 Å². The second kappa shape index (κ2) is 12.3. The summed E-state index contributed by atoms with van der Waals surface area (Å²) in [5, 5.41) is 21.2. The van der Waals surface area contributed by atoms with Crippen molar-refractivity contribution in [2.75, 3.05) is 11.6 Å². The van der Waals surface area contributed by atoms with Crippen molar-refractivity contribution in [2.45, 2.75) is 17.1 Å². The van der Waals surface area contributed by atoms with Gasteiger partial charge in [-0.2, -0.15) is 0 Å². The van der Waals surface area contributed by atoms with Crippen LogP contribution in [0.3, 0.4) is 0 Å². The van der Waals surface area contributed by atoms with Crippen molar-refractivity contribution < 1.29 is 29.4 Å². The summed E-state index contributed by atoms with van der Waals surface area (Å²) in [6.07, 6.45) is 1.70. The number of phenols is 1. The lowest BCUT2D eigenvalue weighted by Gasteiger charge is -2.26. The Morgan fingerprint density at radius 1 is 0.971 bits per heavy atom. The number of anilines is 1. The Kier molecular flexibility index (Phi) is 8.96. The van der Waals surface area contributed by atoms with Crippen molar-refractivity contribution in [2.24, 2.45) is 0 Å². The zero-order valence-electron chi connectivity index (χ0n) is 18.3. The molecule has 0 aliphatic carbocycles. The van der Waals surface area contributed by atoms with Crippen LogP contribution in [0.5, 0.6) is 11.5 Å². The normalized spacial score (nSPS) is 12.5. The van der Waals surface area contributed by atoms with Crippen molar-refractivity contribution in [1.82, 2.24) is 5.48 Å². The first-order valence-corrected chi connectivity index (χ1v) is 11.5. The third kappa shape index (κ3) is 7.29. The quantitative estimate of drug-likeness (QED) is 0.149. The van der Waals surface area contributed by atoms with Crippen LogP contribution in [0.25, 0.3) is 0 Å². The predicted molar refractivity (Wildman–Crippen MR) is 129 cm³/mol. The van der Waals surface area contributed by atoms with Crippen molar-refractivity contribution in [1.29, 1.82) is 0 Å². The molecule has 0 radical (unpaired) electrons. The molecule has 4 N–H and O–H groups in total. The van der Waals surface area contributed by atoms with Crippen LogP contribution < -0.4 is 15.5 Å². The molecule has 0 saturated carbocycles. The molecule has 8 nitrogen and oxygen atoms in total. The largest absolute Gasteiger partial charge is 0.508 e. The van der Waals surface area contributed by atoms with Gasteiger partial charge in [0.25, 0.3) is 5.91 Å². The molecule has 2 amide bonds. The lowest BCUT2D eigenvalue weighted by atomic mass is 10.0. The van der Waals surface area contributed by atoms with Crippen LogP contribution in [-0.2, 0) is 9.53 Å². The van der Waals surface area contributed by atoms with Gasteiger partial charge in [0.15, 0.2) is 12.2 Å². The molecule has 0 bridgehead atoms. The summed E-state index contributed by atoms with van der Waals surface area (Å²) in [6, 6.07) is 22.1. The van der Waals surface area contributed by atoms with Crippen molar-refractivity contribution in [3.05, 3.63) is 96.6 Å². The Labute approximate surface area is 201 Å². The van der Waals surface area contributed by atoms with E-state index in [1.54, 1.807) is 60.3 Å². The van der Waals surface area contributed by atoms with Gasteiger partial charge in [-0.1, -0.05) is 30.3 Å². The smallest absolute Gasteiger partial charge is 0.412 e. The molecule has 2 atom stereocenters. The molecule has 9 heteroatoms. The lowest BCUT2D eigenvalue weighted by molar-refractivity contribution is -0.124. The molecule has 3 aromatic rings. The van der Waals surface area contributed by atoms with E-state index in [4.69, 9.17) is 14.7 Å².